The number of esters is 1. The fourth-order valence-electron chi connectivity index (χ4n) is 2.40. The molecule has 1 aromatic carbocycles. The zero-order chi connectivity index (χ0) is 17.9. The van der Waals surface area contributed by atoms with Crippen LogP contribution in [0, 0.1) is 13.8 Å². The second-order valence-electron chi connectivity index (χ2n) is 5.25. The number of halogens is 1. The second-order valence-corrected chi connectivity index (χ2v) is 7.39. The van der Waals surface area contributed by atoms with Crippen molar-refractivity contribution in [2.45, 2.75) is 32.2 Å². The SMILES string of the molecule is CCOC(=O)c1[nH]c(C)c(S(=O)(=O)NCc2ccc(Cl)cc2)c1C. The van der Waals surface area contributed by atoms with E-state index in [0.29, 0.717) is 16.3 Å². The summed E-state index contributed by atoms with van der Waals surface area (Å²) in [5, 5.41) is 0.581. The number of ether oxygens (including phenoxy) is 1. The Hall–Kier alpha value is -1.83. The molecule has 0 radical (unpaired) electrons. The number of H-pyrrole nitrogens is 1. The van der Waals surface area contributed by atoms with Crippen molar-refractivity contribution >= 4 is 27.6 Å². The van der Waals surface area contributed by atoms with Crippen LogP contribution in [0.1, 0.15) is 34.2 Å². The minimum absolute atomic E-state index is 0.0690. The number of nitrogens with one attached hydrogen (secondary N) is 2. The standard InChI is InChI=1S/C16H19ClN2O4S/c1-4-23-16(20)14-10(2)15(11(3)19-14)24(21,22)18-9-12-5-7-13(17)8-6-12/h5-8,18-19H,4,9H2,1-3H3. The Kier molecular flexibility index (Phi) is 5.69. The molecule has 0 bridgehead atoms. The van der Waals surface area contributed by atoms with Gasteiger partial charge >= 0.3 is 5.97 Å². The molecule has 0 amide bonds. The minimum Gasteiger partial charge on any atom is -0.461 e. The maximum atomic E-state index is 12.6. The number of aryl methyl sites for hydroxylation is 1. The van der Waals surface area contributed by atoms with E-state index in [1.54, 1.807) is 45.0 Å². The molecule has 0 spiro atoms. The molecule has 0 aliphatic rings. The Balaban J connectivity index is 2.25. The summed E-state index contributed by atoms with van der Waals surface area (Å²) in [4.78, 5) is 14.8. The van der Waals surface area contributed by atoms with Gasteiger partial charge in [0.05, 0.1) is 6.61 Å². The average molecular weight is 371 g/mol. The highest BCUT2D eigenvalue weighted by Gasteiger charge is 2.26. The Morgan fingerprint density at radius 3 is 2.46 bits per heavy atom. The quantitative estimate of drug-likeness (QED) is 0.765. The third-order valence-electron chi connectivity index (χ3n) is 3.50. The highest BCUT2D eigenvalue weighted by molar-refractivity contribution is 7.89. The summed E-state index contributed by atoms with van der Waals surface area (Å²) in [7, 11) is -3.78. The molecule has 6 nitrogen and oxygen atoms in total. The number of aromatic nitrogens is 1. The Labute approximate surface area is 146 Å². The molecule has 24 heavy (non-hydrogen) atoms. The van der Waals surface area contributed by atoms with Crippen LogP contribution in [0.2, 0.25) is 5.02 Å². The first-order valence-electron chi connectivity index (χ1n) is 7.36. The number of aromatic amines is 1. The second kappa shape index (κ2) is 7.38. The maximum absolute atomic E-state index is 12.6. The van der Waals surface area contributed by atoms with Crippen LogP contribution < -0.4 is 4.72 Å². The molecule has 0 unspecified atom stereocenters. The van der Waals surface area contributed by atoms with Crippen LogP contribution in [0.25, 0.3) is 0 Å². The smallest absolute Gasteiger partial charge is 0.355 e. The average Bonchev–Trinajstić information content (AvgIpc) is 2.82. The molecule has 0 saturated heterocycles. The van der Waals surface area contributed by atoms with Gasteiger partial charge in [0.15, 0.2) is 0 Å². The number of hydrogen-bond donors (Lipinski definition) is 2. The molecule has 130 valence electrons. The van der Waals surface area contributed by atoms with Crippen LogP contribution in [0.5, 0.6) is 0 Å². The molecule has 0 aliphatic heterocycles. The monoisotopic (exact) mass is 370 g/mol. The van der Waals surface area contributed by atoms with E-state index in [2.05, 4.69) is 9.71 Å². The number of benzene rings is 1. The minimum atomic E-state index is -3.78. The van der Waals surface area contributed by atoms with Gasteiger partial charge in [-0.25, -0.2) is 17.9 Å². The number of rotatable bonds is 6. The van der Waals surface area contributed by atoms with E-state index in [-0.39, 0.29) is 23.7 Å². The van der Waals surface area contributed by atoms with Gasteiger partial charge in [-0.1, -0.05) is 23.7 Å². The lowest BCUT2D eigenvalue weighted by Gasteiger charge is -2.08. The van der Waals surface area contributed by atoms with Crippen molar-refractivity contribution in [2.24, 2.45) is 0 Å². The molecule has 2 aromatic rings. The number of sulfonamides is 1. The van der Waals surface area contributed by atoms with E-state index in [1.807, 2.05) is 0 Å². The van der Waals surface area contributed by atoms with Gasteiger partial charge in [0.1, 0.15) is 10.6 Å². The third kappa shape index (κ3) is 3.98. The van der Waals surface area contributed by atoms with Gasteiger partial charge in [-0.3, -0.25) is 0 Å². The number of carbonyl (C=O) groups is 1. The number of hydrogen-bond acceptors (Lipinski definition) is 4. The molecule has 0 atom stereocenters. The van der Waals surface area contributed by atoms with E-state index in [9.17, 15) is 13.2 Å². The molecule has 0 aliphatic carbocycles. The highest BCUT2D eigenvalue weighted by atomic mass is 35.5. The van der Waals surface area contributed by atoms with Crippen molar-refractivity contribution < 1.29 is 17.9 Å². The van der Waals surface area contributed by atoms with Gasteiger partial charge in [-0.05, 0) is 38.5 Å². The molecule has 1 heterocycles. The van der Waals surface area contributed by atoms with Crippen LogP contribution in [0.15, 0.2) is 29.2 Å². The summed E-state index contributed by atoms with van der Waals surface area (Å²) < 4.78 is 32.7. The Morgan fingerprint density at radius 2 is 1.88 bits per heavy atom. The largest absolute Gasteiger partial charge is 0.461 e. The van der Waals surface area contributed by atoms with Gasteiger partial charge in [0.2, 0.25) is 10.0 Å². The van der Waals surface area contributed by atoms with E-state index < -0.39 is 16.0 Å². The first-order chi connectivity index (χ1) is 11.3. The predicted molar refractivity (Wildman–Crippen MR) is 91.7 cm³/mol. The summed E-state index contributed by atoms with van der Waals surface area (Å²) in [5.74, 6) is -0.572. The molecule has 2 N–H and O–H groups in total. The molecular weight excluding hydrogens is 352 g/mol. The van der Waals surface area contributed by atoms with E-state index in [1.165, 1.54) is 0 Å². The van der Waals surface area contributed by atoms with Crippen molar-refractivity contribution in [3.63, 3.8) is 0 Å². The molecule has 0 fully saturated rings. The van der Waals surface area contributed by atoms with Crippen LogP contribution in [0.4, 0.5) is 0 Å². The maximum Gasteiger partial charge on any atom is 0.355 e. The Morgan fingerprint density at radius 1 is 1.25 bits per heavy atom. The topological polar surface area (TPSA) is 88.3 Å². The lowest BCUT2D eigenvalue weighted by Crippen LogP contribution is -2.24. The molecule has 8 heteroatoms. The molecule has 0 saturated carbocycles. The Bertz CT molecular complexity index is 842. The lowest BCUT2D eigenvalue weighted by atomic mass is 10.2. The molecule has 1 aromatic heterocycles. The third-order valence-corrected chi connectivity index (χ3v) is 5.42. The van der Waals surface area contributed by atoms with Gasteiger partial charge in [0.25, 0.3) is 0 Å². The van der Waals surface area contributed by atoms with E-state index in [0.717, 1.165) is 5.56 Å². The van der Waals surface area contributed by atoms with E-state index >= 15 is 0 Å². The van der Waals surface area contributed by atoms with Gasteiger partial charge in [-0.2, -0.15) is 0 Å². The summed E-state index contributed by atoms with van der Waals surface area (Å²) in [5.41, 5.74) is 1.66. The predicted octanol–water partition coefficient (Wildman–Crippen LogP) is 2.94. The van der Waals surface area contributed by atoms with Crippen LogP contribution in [-0.4, -0.2) is 26.0 Å². The summed E-state index contributed by atoms with van der Waals surface area (Å²) >= 11 is 5.81. The van der Waals surface area contributed by atoms with Gasteiger partial charge < -0.3 is 9.72 Å². The van der Waals surface area contributed by atoms with Crippen molar-refractivity contribution in [3.05, 3.63) is 51.8 Å². The van der Waals surface area contributed by atoms with Crippen LogP contribution in [-0.2, 0) is 21.3 Å². The first-order valence-corrected chi connectivity index (χ1v) is 9.22. The summed E-state index contributed by atoms with van der Waals surface area (Å²) in [6, 6.07) is 6.87. The first kappa shape index (κ1) is 18.5. The van der Waals surface area contributed by atoms with Gasteiger partial charge in [-0.15, -0.1) is 0 Å². The highest BCUT2D eigenvalue weighted by Crippen LogP contribution is 2.24. The van der Waals surface area contributed by atoms with Crippen molar-refractivity contribution in [3.8, 4) is 0 Å². The molecular formula is C16H19ClN2O4S. The molecule has 2 rings (SSSR count). The van der Waals surface area contributed by atoms with Crippen molar-refractivity contribution in [1.29, 1.82) is 0 Å². The van der Waals surface area contributed by atoms with Crippen molar-refractivity contribution in [2.75, 3.05) is 6.61 Å². The summed E-state index contributed by atoms with van der Waals surface area (Å²) in [6.45, 7) is 5.21. The van der Waals surface area contributed by atoms with E-state index in [4.69, 9.17) is 16.3 Å². The van der Waals surface area contributed by atoms with Crippen LogP contribution >= 0.6 is 11.6 Å². The summed E-state index contributed by atoms with van der Waals surface area (Å²) in [6.07, 6.45) is 0. The number of carbonyl (C=O) groups excluding carboxylic acids is 1. The van der Waals surface area contributed by atoms with Gasteiger partial charge in [0, 0.05) is 22.8 Å². The zero-order valence-corrected chi connectivity index (χ0v) is 15.2. The zero-order valence-electron chi connectivity index (χ0n) is 13.6. The fourth-order valence-corrected chi connectivity index (χ4v) is 3.98. The fraction of sp³-hybridized carbons (Fsp3) is 0.312. The van der Waals surface area contributed by atoms with Crippen LogP contribution in [0.3, 0.4) is 0 Å². The normalized spacial score (nSPS) is 11.5. The van der Waals surface area contributed by atoms with Crippen molar-refractivity contribution in [1.82, 2.24) is 9.71 Å². The lowest BCUT2D eigenvalue weighted by molar-refractivity contribution is 0.0519.